The minimum atomic E-state index is -0.321. The Balaban J connectivity index is 1.83. The minimum Gasteiger partial charge on any atom is -0.369 e. The summed E-state index contributed by atoms with van der Waals surface area (Å²) >= 11 is 0. The van der Waals surface area contributed by atoms with E-state index in [4.69, 9.17) is 5.73 Å². The second kappa shape index (κ2) is 4.71. The van der Waals surface area contributed by atoms with Crippen LogP contribution in [0.5, 0.6) is 0 Å². The fraction of sp³-hybridized carbons (Fsp3) is 0.294. The summed E-state index contributed by atoms with van der Waals surface area (Å²) in [7, 11) is 0. The lowest BCUT2D eigenvalue weighted by molar-refractivity contribution is 0.488. The van der Waals surface area contributed by atoms with Crippen LogP contribution in [0.3, 0.4) is 0 Å². The Morgan fingerprint density at radius 3 is 2.53 bits per heavy atom. The highest BCUT2D eigenvalue weighted by molar-refractivity contribution is 5.58. The Kier molecular flexibility index (Phi) is 3.03. The van der Waals surface area contributed by atoms with Gasteiger partial charge >= 0.3 is 0 Å². The molecule has 0 radical (unpaired) electrons. The maximum absolute atomic E-state index is 6.53. The summed E-state index contributed by atoms with van der Waals surface area (Å²) in [6, 6.07) is 19.0. The highest BCUT2D eigenvalue weighted by Crippen LogP contribution is 2.30. The van der Waals surface area contributed by atoms with Crippen molar-refractivity contribution in [1.82, 2.24) is 0 Å². The zero-order valence-corrected chi connectivity index (χ0v) is 11.3. The zero-order chi connectivity index (χ0) is 13.3. The van der Waals surface area contributed by atoms with E-state index in [0.717, 1.165) is 19.5 Å². The van der Waals surface area contributed by atoms with E-state index in [1.165, 1.54) is 16.8 Å². The molecule has 2 heteroatoms. The van der Waals surface area contributed by atoms with Gasteiger partial charge in [0.15, 0.2) is 0 Å². The third kappa shape index (κ3) is 2.36. The molecule has 2 nitrogen and oxygen atoms in total. The number of hydrogen-bond acceptors (Lipinski definition) is 2. The Bertz CT molecular complexity index is 560. The molecule has 2 N–H and O–H groups in total. The number of nitrogens with two attached hydrogens (primary N) is 1. The van der Waals surface area contributed by atoms with Crippen LogP contribution in [-0.4, -0.2) is 13.1 Å². The molecule has 19 heavy (non-hydrogen) atoms. The summed E-state index contributed by atoms with van der Waals surface area (Å²) in [5.74, 6) is 0. The number of anilines is 1. The number of hydrogen-bond donors (Lipinski definition) is 1. The summed E-state index contributed by atoms with van der Waals surface area (Å²) in [5, 5.41) is 0. The largest absolute Gasteiger partial charge is 0.369 e. The highest BCUT2D eigenvalue weighted by atomic mass is 15.2. The van der Waals surface area contributed by atoms with Crippen molar-refractivity contribution in [1.29, 1.82) is 0 Å². The molecule has 3 rings (SSSR count). The minimum absolute atomic E-state index is 0.321. The maximum atomic E-state index is 6.53. The smallest absolute Gasteiger partial charge is 0.0558 e. The molecule has 1 heterocycles. The van der Waals surface area contributed by atoms with Crippen molar-refractivity contribution in [3.63, 3.8) is 0 Å². The monoisotopic (exact) mass is 252 g/mol. The molecule has 1 aliphatic heterocycles. The Morgan fingerprint density at radius 2 is 1.74 bits per heavy atom. The van der Waals surface area contributed by atoms with Crippen LogP contribution in [0.1, 0.15) is 18.1 Å². The van der Waals surface area contributed by atoms with E-state index in [-0.39, 0.29) is 5.54 Å². The first-order chi connectivity index (χ1) is 9.17. The van der Waals surface area contributed by atoms with Gasteiger partial charge in [-0.3, -0.25) is 0 Å². The van der Waals surface area contributed by atoms with Gasteiger partial charge in [0, 0.05) is 18.8 Å². The third-order valence-corrected chi connectivity index (χ3v) is 3.94. The first kappa shape index (κ1) is 12.2. The second-order valence-corrected chi connectivity index (χ2v) is 5.58. The summed E-state index contributed by atoms with van der Waals surface area (Å²) in [4.78, 5) is 2.41. The predicted molar refractivity (Wildman–Crippen MR) is 80.3 cm³/mol. The van der Waals surface area contributed by atoms with Gasteiger partial charge in [-0.25, -0.2) is 0 Å². The first-order valence-electron chi connectivity index (χ1n) is 6.84. The summed E-state index contributed by atoms with van der Waals surface area (Å²) in [6.45, 7) is 4.04. The van der Waals surface area contributed by atoms with E-state index in [0.29, 0.717) is 0 Å². The summed E-state index contributed by atoms with van der Waals surface area (Å²) in [6.07, 6.45) is 1.13. The van der Waals surface area contributed by atoms with E-state index in [2.05, 4.69) is 60.4 Å². The average molecular weight is 252 g/mol. The molecule has 2 aromatic rings. The average Bonchev–Trinajstić information content (AvgIpc) is 2.83. The van der Waals surface area contributed by atoms with E-state index in [9.17, 15) is 0 Å². The SMILES string of the molecule is CC(N)(CN1CCc2ccccc21)c1ccccc1. The van der Waals surface area contributed by atoms with Crippen molar-refractivity contribution in [3.8, 4) is 0 Å². The van der Waals surface area contributed by atoms with Crippen LogP contribution in [0.25, 0.3) is 0 Å². The standard InChI is InChI=1S/C17H20N2/c1-17(18,15-8-3-2-4-9-15)13-19-12-11-14-7-5-6-10-16(14)19/h2-10H,11-13,18H2,1H3. The molecule has 0 saturated carbocycles. The molecule has 1 aliphatic rings. The first-order valence-corrected chi connectivity index (χ1v) is 6.84. The van der Waals surface area contributed by atoms with Crippen LogP contribution in [0.4, 0.5) is 5.69 Å². The Hall–Kier alpha value is -1.80. The van der Waals surface area contributed by atoms with Crippen LogP contribution >= 0.6 is 0 Å². The quantitative estimate of drug-likeness (QED) is 0.910. The van der Waals surface area contributed by atoms with Crippen molar-refractivity contribution >= 4 is 5.69 Å². The molecule has 98 valence electrons. The van der Waals surface area contributed by atoms with Crippen molar-refractivity contribution in [2.45, 2.75) is 18.9 Å². The van der Waals surface area contributed by atoms with Gasteiger partial charge in [0.1, 0.15) is 0 Å². The van der Waals surface area contributed by atoms with Crippen molar-refractivity contribution in [2.75, 3.05) is 18.0 Å². The number of rotatable bonds is 3. The number of fused-ring (bicyclic) bond motifs is 1. The molecule has 0 saturated heterocycles. The van der Waals surface area contributed by atoms with Gasteiger partial charge in [0.05, 0.1) is 5.54 Å². The van der Waals surface area contributed by atoms with Crippen molar-refractivity contribution in [3.05, 3.63) is 65.7 Å². The predicted octanol–water partition coefficient (Wildman–Crippen LogP) is 2.92. The van der Waals surface area contributed by atoms with Crippen LogP contribution in [0.2, 0.25) is 0 Å². The maximum Gasteiger partial charge on any atom is 0.0558 e. The lowest BCUT2D eigenvalue weighted by Gasteiger charge is -2.32. The number of nitrogens with zero attached hydrogens (tertiary/aromatic N) is 1. The molecular formula is C17H20N2. The van der Waals surface area contributed by atoms with Crippen LogP contribution in [0, 0.1) is 0 Å². The fourth-order valence-electron chi connectivity index (χ4n) is 2.88. The van der Waals surface area contributed by atoms with Crippen LogP contribution < -0.4 is 10.6 Å². The fourth-order valence-corrected chi connectivity index (χ4v) is 2.88. The van der Waals surface area contributed by atoms with Gasteiger partial charge in [-0.2, -0.15) is 0 Å². The topological polar surface area (TPSA) is 29.3 Å². The molecule has 1 unspecified atom stereocenters. The van der Waals surface area contributed by atoms with E-state index >= 15 is 0 Å². The van der Waals surface area contributed by atoms with E-state index in [1.54, 1.807) is 0 Å². The molecule has 0 amide bonds. The molecule has 0 aliphatic carbocycles. The number of para-hydroxylation sites is 1. The normalized spacial score (nSPS) is 17.1. The van der Waals surface area contributed by atoms with Gasteiger partial charge in [0.25, 0.3) is 0 Å². The Labute approximate surface area is 114 Å². The van der Waals surface area contributed by atoms with Crippen LogP contribution in [-0.2, 0) is 12.0 Å². The lowest BCUT2D eigenvalue weighted by atomic mass is 9.92. The number of benzene rings is 2. The van der Waals surface area contributed by atoms with Gasteiger partial charge in [0.2, 0.25) is 0 Å². The summed E-state index contributed by atoms with van der Waals surface area (Å²) in [5.41, 5.74) is 10.2. The van der Waals surface area contributed by atoms with Crippen molar-refractivity contribution in [2.24, 2.45) is 5.73 Å². The van der Waals surface area contributed by atoms with Crippen molar-refractivity contribution < 1.29 is 0 Å². The van der Waals surface area contributed by atoms with Gasteiger partial charge in [-0.15, -0.1) is 0 Å². The lowest BCUT2D eigenvalue weighted by Crippen LogP contribution is -2.45. The third-order valence-electron chi connectivity index (χ3n) is 3.94. The highest BCUT2D eigenvalue weighted by Gasteiger charge is 2.27. The summed E-state index contributed by atoms with van der Waals surface area (Å²) < 4.78 is 0. The Morgan fingerprint density at radius 1 is 1.05 bits per heavy atom. The van der Waals surface area contributed by atoms with Crippen LogP contribution in [0.15, 0.2) is 54.6 Å². The van der Waals surface area contributed by atoms with Gasteiger partial charge < -0.3 is 10.6 Å². The molecule has 0 aromatic heterocycles. The second-order valence-electron chi connectivity index (χ2n) is 5.58. The van der Waals surface area contributed by atoms with E-state index in [1.807, 2.05) is 6.07 Å². The van der Waals surface area contributed by atoms with Gasteiger partial charge in [-0.1, -0.05) is 48.5 Å². The molecule has 2 aromatic carbocycles. The molecule has 1 atom stereocenters. The van der Waals surface area contributed by atoms with E-state index < -0.39 is 0 Å². The molecule has 0 spiro atoms. The van der Waals surface area contributed by atoms with Gasteiger partial charge in [-0.05, 0) is 30.5 Å². The molecular weight excluding hydrogens is 232 g/mol. The molecule has 0 fully saturated rings. The molecule has 0 bridgehead atoms. The zero-order valence-electron chi connectivity index (χ0n) is 11.3.